The second-order valence-corrected chi connectivity index (χ2v) is 2.78. The van der Waals surface area contributed by atoms with E-state index < -0.39 is 6.10 Å². The van der Waals surface area contributed by atoms with Crippen molar-refractivity contribution in [3.05, 3.63) is 33.7 Å². The van der Waals surface area contributed by atoms with Crippen molar-refractivity contribution < 1.29 is 9.90 Å². The van der Waals surface area contributed by atoms with Gasteiger partial charge in [-0.25, -0.2) is 0 Å². The molecule has 2 rings (SSSR count). The number of carbonyl (C=O) groups is 1. The lowest BCUT2D eigenvalue weighted by Crippen LogP contribution is -2.13. The lowest BCUT2D eigenvalue weighted by Gasteiger charge is -1.98. The number of rotatable bonds is 0. The fourth-order valence-electron chi connectivity index (χ4n) is 1.45. The maximum Gasteiger partial charge on any atom is 0.254 e. The molecule has 1 aromatic rings. The van der Waals surface area contributed by atoms with Gasteiger partial charge >= 0.3 is 0 Å². The fourth-order valence-corrected chi connectivity index (χ4v) is 1.45. The normalized spacial score (nSPS) is 21.1. The predicted molar refractivity (Wildman–Crippen MR) is 41.0 cm³/mol. The van der Waals surface area contributed by atoms with Crippen molar-refractivity contribution in [1.29, 1.82) is 0 Å². The van der Waals surface area contributed by atoms with Crippen LogP contribution in [0.5, 0.6) is 0 Å². The molecule has 12 heavy (non-hydrogen) atoms. The van der Waals surface area contributed by atoms with Gasteiger partial charge in [0.2, 0.25) is 0 Å². The highest BCUT2D eigenvalue weighted by molar-refractivity contribution is 6.00. The molecule has 62 valence electrons. The van der Waals surface area contributed by atoms with E-state index in [-0.39, 0.29) is 23.3 Å². The Morgan fingerprint density at radius 3 is 2.92 bits per heavy atom. The number of aliphatic hydroxyl groups excluding tert-OH is 1. The highest BCUT2D eigenvalue weighted by atomic mass is 16.3. The molecule has 4 heteroatoms. The summed E-state index contributed by atoms with van der Waals surface area (Å²) < 4.78 is 0. The number of hydrogen-bond donors (Lipinski definition) is 2. The molecule has 0 amide bonds. The van der Waals surface area contributed by atoms with Gasteiger partial charge in [-0.3, -0.25) is 9.59 Å². The van der Waals surface area contributed by atoms with Gasteiger partial charge in [0, 0.05) is 18.2 Å². The molecule has 4 nitrogen and oxygen atoms in total. The number of aromatic nitrogens is 1. The number of fused-ring (bicyclic) bond motifs is 1. The largest absolute Gasteiger partial charge is 0.388 e. The van der Waals surface area contributed by atoms with Crippen LogP contribution in [0.25, 0.3) is 0 Å². The van der Waals surface area contributed by atoms with Crippen LogP contribution in [0.3, 0.4) is 0 Å². The summed E-state index contributed by atoms with van der Waals surface area (Å²) in [7, 11) is 0. The number of ketones is 1. The first-order chi connectivity index (χ1) is 5.70. The maximum absolute atomic E-state index is 11.1. The zero-order valence-electron chi connectivity index (χ0n) is 6.20. The zero-order chi connectivity index (χ0) is 8.72. The van der Waals surface area contributed by atoms with Crippen molar-refractivity contribution in [2.45, 2.75) is 12.5 Å². The Balaban J connectivity index is 2.76. The van der Waals surface area contributed by atoms with E-state index in [9.17, 15) is 14.7 Å². The minimum atomic E-state index is -0.919. The molecule has 0 aliphatic heterocycles. The fraction of sp³-hybridized carbons (Fsp3) is 0.250. The third kappa shape index (κ3) is 0.816. The molecule has 1 aliphatic rings. The van der Waals surface area contributed by atoms with Gasteiger partial charge in [-0.1, -0.05) is 0 Å². The highest BCUT2D eigenvalue weighted by Gasteiger charge is 2.29. The first-order valence-corrected chi connectivity index (χ1v) is 3.63. The standard InChI is InChI=1S/C8H7NO3/c10-5-3-6(11)7-4(5)1-2-9-8(7)12/h1-2,6,11H,3H2,(H,9,12). The summed E-state index contributed by atoms with van der Waals surface area (Å²) in [6.45, 7) is 0. The summed E-state index contributed by atoms with van der Waals surface area (Å²) in [5.41, 5.74) is 0.194. The number of aromatic amines is 1. The van der Waals surface area contributed by atoms with Crippen molar-refractivity contribution in [2.75, 3.05) is 0 Å². The van der Waals surface area contributed by atoms with Gasteiger partial charge in [0.05, 0.1) is 11.7 Å². The molecule has 0 saturated heterocycles. The molecule has 0 spiro atoms. The number of hydrogen-bond acceptors (Lipinski definition) is 3. The van der Waals surface area contributed by atoms with Gasteiger partial charge in [-0.05, 0) is 6.07 Å². The van der Waals surface area contributed by atoms with E-state index in [1.54, 1.807) is 0 Å². The number of Topliss-reactive ketones (excluding diaryl/α,β-unsaturated/α-hetero) is 1. The number of pyridine rings is 1. The second kappa shape index (κ2) is 2.28. The monoisotopic (exact) mass is 165 g/mol. The summed E-state index contributed by atoms with van der Waals surface area (Å²) in [4.78, 5) is 24.6. The Morgan fingerprint density at radius 2 is 2.25 bits per heavy atom. The van der Waals surface area contributed by atoms with Crippen LogP contribution >= 0.6 is 0 Å². The topological polar surface area (TPSA) is 70.2 Å². The minimum absolute atomic E-state index is 0.0302. The van der Waals surface area contributed by atoms with Crippen LogP contribution < -0.4 is 5.56 Å². The van der Waals surface area contributed by atoms with Crippen molar-refractivity contribution in [3.63, 3.8) is 0 Å². The lowest BCUT2D eigenvalue weighted by molar-refractivity contribution is 0.0929. The molecule has 0 fully saturated rings. The summed E-state index contributed by atoms with van der Waals surface area (Å²) in [5.74, 6) is -0.163. The molecule has 0 saturated carbocycles. The summed E-state index contributed by atoms with van der Waals surface area (Å²) in [6.07, 6.45) is 0.525. The first-order valence-electron chi connectivity index (χ1n) is 3.63. The molecule has 1 aliphatic carbocycles. The van der Waals surface area contributed by atoms with Crippen LogP contribution in [0, 0.1) is 0 Å². The van der Waals surface area contributed by atoms with E-state index in [0.29, 0.717) is 5.56 Å². The third-order valence-electron chi connectivity index (χ3n) is 2.01. The Morgan fingerprint density at radius 1 is 1.50 bits per heavy atom. The van der Waals surface area contributed by atoms with E-state index in [0.717, 1.165) is 0 Å². The number of carbonyl (C=O) groups excluding carboxylic acids is 1. The Labute approximate surface area is 67.9 Å². The Kier molecular flexibility index (Phi) is 1.38. The van der Waals surface area contributed by atoms with Gasteiger partial charge in [0.1, 0.15) is 0 Å². The molecule has 0 aromatic carbocycles. The van der Waals surface area contributed by atoms with Gasteiger partial charge in [0.15, 0.2) is 5.78 Å². The molecule has 1 aromatic heterocycles. The summed E-state index contributed by atoms with van der Waals surface area (Å²) >= 11 is 0. The summed E-state index contributed by atoms with van der Waals surface area (Å²) in [5, 5.41) is 9.29. The average molecular weight is 165 g/mol. The summed E-state index contributed by atoms with van der Waals surface area (Å²) in [6, 6.07) is 1.52. The maximum atomic E-state index is 11.1. The number of nitrogens with one attached hydrogen (secondary N) is 1. The van der Waals surface area contributed by atoms with Crippen molar-refractivity contribution >= 4 is 5.78 Å². The Hall–Kier alpha value is -1.42. The van der Waals surface area contributed by atoms with Crippen molar-refractivity contribution in [2.24, 2.45) is 0 Å². The minimum Gasteiger partial charge on any atom is -0.388 e. The van der Waals surface area contributed by atoms with Gasteiger partial charge in [-0.2, -0.15) is 0 Å². The van der Waals surface area contributed by atoms with E-state index in [4.69, 9.17) is 0 Å². The van der Waals surface area contributed by atoms with Crippen LogP contribution in [0.15, 0.2) is 17.1 Å². The van der Waals surface area contributed by atoms with E-state index in [2.05, 4.69) is 4.98 Å². The van der Waals surface area contributed by atoms with Crippen LogP contribution in [-0.2, 0) is 0 Å². The quantitative estimate of drug-likeness (QED) is 0.568. The van der Waals surface area contributed by atoms with Crippen molar-refractivity contribution in [1.82, 2.24) is 4.98 Å². The second-order valence-electron chi connectivity index (χ2n) is 2.78. The SMILES string of the molecule is O=C1CC(O)c2c1cc[nH]c2=O. The Bertz CT molecular complexity index is 394. The number of H-pyrrole nitrogens is 1. The average Bonchev–Trinajstić information content (AvgIpc) is 2.29. The van der Waals surface area contributed by atoms with E-state index in [1.165, 1.54) is 12.3 Å². The van der Waals surface area contributed by atoms with E-state index >= 15 is 0 Å². The van der Waals surface area contributed by atoms with Crippen molar-refractivity contribution in [3.8, 4) is 0 Å². The molecular weight excluding hydrogens is 158 g/mol. The van der Waals surface area contributed by atoms with Gasteiger partial charge < -0.3 is 10.1 Å². The molecule has 0 radical (unpaired) electrons. The molecule has 1 heterocycles. The molecule has 1 atom stereocenters. The van der Waals surface area contributed by atoms with Crippen LogP contribution in [0.4, 0.5) is 0 Å². The zero-order valence-corrected chi connectivity index (χ0v) is 6.20. The smallest absolute Gasteiger partial charge is 0.254 e. The molecule has 0 bridgehead atoms. The third-order valence-corrected chi connectivity index (χ3v) is 2.01. The van der Waals surface area contributed by atoms with Crippen LogP contribution in [0.1, 0.15) is 28.4 Å². The van der Waals surface area contributed by atoms with E-state index in [1.807, 2.05) is 0 Å². The highest BCUT2D eigenvalue weighted by Crippen LogP contribution is 2.26. The predicted octanol–water partition coefficient (Wildman–Crippen LogP) is -0.00530. The number of aliphatic hydroxyl groups is 1. The first kappa shape index (κ1) is 7.24. The molecule has 1 unspecified atom stereocenters. The molecule has 2 N–H and O–H groups in total. The van der Waals surface area contributed by atoms with Gasteiger partial charge in [-0.15, -0.1) is 0 Å². The van der Waals surface area contributed by atoms with Crippen LogP contribution in [-0.4, -0.2) is 15.9 Å². The lowest BCUT2D eigenvalue weighted by atomic mass is 10.2. The molecular formula is C8H7NO3. The van der Waals surface area contributed by atoms with Crippen LogP contribution in [0.2, 0.25) is 0 Å². The van der Waals surface area contributed by atoms with Gasteiger partial charge in [0.25, 0.3) is 5.56 Å².